The Bertz CT molecular complexity index is 343. The van der Waals surface area contributed by atoms with Gasteiger partial charge in [-0.05, 0) is 18.2 Å². The summed E-state index contributed by atoms with van der Waals surface area (Å²) >= 11 is 0. The van der Waals surface area contributed by atoms with Crippen molar-refractivity contribution >= 4 is 5.78 Å². The number of allylic oxidation sites excluding steroid dienone is 1. The molecule has 3 nitrogen and oxygen atoms in total. The zero-order valence-electron chi connectivity index (χ0n) is 7.06. The van der Waals surface area contributed by atoms with Crippen molar-refractivity contribution in [3.8, 4) is 0 Å². The fourth-order valence-electron chi connectivity index (χ4n) is 1.22. The summed E-state index contributed by atoms with van der Waals surface area (Å²) in [5, 5.41) is 0. The second-order valence-corrected chi connectivity index (χ2v) is 2.78. The van der Waals surface area contributed by atoms with Gasteiger partial charge in [0.25, 0.3) is 0 Å². The van der Waals surface area contributed by atoms with Gasteiger partial charge < -0.3 is 4.74 Å². The topological polar surface area (TPSA) is 39.2 Å². The van der Waals surface area contributed by atoms with E-state index < -0.39 is 0 Å². The summed E-state index contributed by atoms with van der Waals surface area (Å²) in [6, 6.07) is 3.47. The van der Waals surface area contributed by atoms with Crippen molar-refractivity contribution in [2.45, 2.75) is 6.42 Å². The highest BCUT2D eigenvalue weighted by Crippen LogP contribution is 2.14. The molecular formula is C10H9NO2. The van der Waals surface area contributed by atoms with E-state index in [0.29, 0.717) is 17.9 Å². The summed E-state index contributed by atoms with van der Waals surface area (Å²) in [5.41, 5.74) is 0.579. The maximum Gasteiger partial charge on any atom is 0.228 e. The molecule has 0 radical (unpaired) electrons. The van der Waals surface area contributed by atoms with E-state index in [1.807, 2.05) is 6.08 Å². The number of hydrogen-bond donors (Lipinski definition) is 0. The molecular weight excluding hydrogens is 166 g/mol. The molecule has 0 spiro atoms. The van der Waals surface area contributed by atoms with Crippen LogP contribution in [0.15, 0.2) is 36.4 Å². The average molecular weight is 175 g/mol. The highest BCUT2D eigenvalue weighted by Gasteiger charge is 2.16. The van der Waals surface area contributed by atoms with Crippen molar-refractivity contribution in [3.63, 3.8) is 0 Å². The van der Waals surface area contributed by atoms with Crippen LogP contribution in [0.1, 0.15) is 16.8 Å². The Kier molecular flexibility index (Phi) is 2.08. The minimum atomic E-state index is -0.0781. The molecule has 1 aromatic heterocycles. The molecule has 0 atom stereocenters. The van der Waals surface area contributed by atoms with Crippen LogP contribution in [0.2, 0.25) is 0 Å². The van der Waals surface area contributed by atoms with Gasteiger partial charge in [-0.2, -0.15) is 0 Å². The van der Waals surface area contributed by atoms with Gasteiger partial charge in [-0.15, -0.1) is 0 Å². The standard InChI is InChI=1S/C10H9NO2/c12-10(9-4-2-6-13-9)8-3-1-5-11-7-8/h1,3-5,7H,2,6H2. The lowest BCUT2D eigenvalue weighted by Crippen LogP contribution is -2.03. The molecule has 66 valence electrons. The molecule has 0 fully saturated rings. The third-order valence-electron chi connectivity index (χ3n) is 1.85. The van der Waals surface area contributed by atoms with Crippen LogP contribution in [0.25, 0.3) is 0 Å². The van der Waals surface area contributed by atoms with Crippen LogP contribution in [0.5, 0.6) is 0 Å². The van der Waals surface area contributed by atoms with Crippen LogP contribution < -0.4 is 0 Å². The molecule has 2 rings (SSSR count). The first-order valence-corrected chi connectivity index (χ1v) is 4.15. The monoisotopic (exact) mass is 175 g/mol. The number of ketones is 1. The SMILES string of the molecule is O=C(C1=CCCO1)c1cccnc1. The number of ether oxygens (including phenoxy) is 1. The first kappa shape index (κ1) is 7.98. The average Bonchev–Trinajstić information content (AvgIpc) is 2.71. The number of Topliss-reactive ketones (excluding diaryl/α,β-unsaturated/α-hetero) is 1. The molecule has 1 aromatic rings. The third kappa shape index (κ3) is 1.59. The number of rotatable bonds is 2. The van der Waals surface area contributed by atoms with E-state index in [4.69, 9.17) is 4.74 Å². The van der Waals surface area contributed by atoms with Crippen LogP contribution in [0, 0.1) is 0 Å². The van der Waals surface area contributed by atoms with Crippen LogP contribution >= 0.6 is 0 Å². The van der Waals surface area contributed by atoms with Crippen molar-refractivity contribution in [2.75, 3.05) is 6.61 Å². The molecule has 1 aliphatic rings. The van der Waals surface area contributed by atoms with Gasteiger partial charge in [0, 0.05) is 24.4 Å². The Balaban J connectivity index is 2.23. The maximum absolute atomic E-state index is 11.6. The predicted molar refractivity (Wildman–Crippen MR) is 47.2 cm³/mol. The fraction of sp³-hybridized carbons (Fsp3) is 0.200. The number of hydrogen-bond acceptors (Lipinski definition) is 3. The molecule has 0 saturated carbocycles. The summed E-state index contributed by atoms with van der Waals surface area (Å²) in [7, 11) is 0. The quantitative estimate of drug-likeness (QED) is 0.640. The third-order valence-corrected chi connectivity index (χ3v) is 1.85. The van der Waals surface area contributed by atoms with Gasteiger partial charge in [0.15, 0.2) is 5.76 Å². The fourth-order valence-corrected chi connectivity index (χ4v) is 1.22. The predicted octanol–water partition coefficient (Wildman–Crippen LogP) is 1.57. The normalized spacial score (nSPS) is 14.9. The van der Waals surface area contributed by atoms with E-state index in [2.05, 4.69) is 4.98 Å². The molecule has 2 heterocycles. The summed E-state index contributed by atoms with van der Waals surface area (Å²) in [5.74, 6) is 0.374. The van der Waals surface area contributed by atoms with Crippen LogP contribution in [-0.4, -0.2) is 17.4 Å². The molecule has 0 amide bonds. The van der Waals surface area contributed by atoms with E-state index in [-0.39, 0.29) is 5.78 Å². The van der Waals surface area contributed by atoms with Gasteiger partial charge in [0.1, 0.15) is 0 Å². The molecule has 13 heavy (non-hydrogen) atoms. The number of pyridine rings is 1. The molecule has 0 saturated heterocycles. The minimum Gasteiger partial charge on any atom is -0.489 e. The van der Waals surface area contributed by atoms with Crippen LogP contribution in [0.4, 0.5) is 0 Å². The van der Waals surface area contributed by atoms with Crippen molar-refractivity contribution in [2.24, 2.45) is 0 Å². The van der Waals surface area contributed by atoms with Crippen molar-refractivity contribution in [1.82, 2.24) is 4.98 Å². The van der Waals surface area contributed by atoms with E-state index >= 15 is 0 Å². The molecule has 0 aromatic carbocycles. The van der Waals surface area contributed by atoms with Gasteiger partial charge >= 0.3 is 0 Å². The van der Waals surface area contributed by atoms with Gasteiger partial charge in [-0.25, -0.2) is 0 Å². The highest BCUT2D eigenvalue weighted by molar-refractivity contribution is 6.07. The summed E-state index contributed by atoms with van der Waals surface area (Å²) in [6.45, 7) is 0.612. The second-order valence-electron chi connectivity index (χ2n) is 2.78. The Morgan fingerprint density at radius 3 is 3.08 bits per heavy atom. The Labute approximate surface area is 76.1 Å². The summed E-state index contributed by atoms with van der Waals surface area (Å²) in [4.78, 5) is 15.5. The lowest BCUT2D eigenvalue weighted by Gasteiger charge is -2.01. The van der Waals surface area contributed by atoms with Gasteiger partial charge in [-0.1, -0.05) is 0 Å². The number of carbonyl (C=O) groups excluding carboxylic acids is 1. The molecule has 0 unspecified atom stereocenters. The van der Waals surface area contributed by atoms with Gasteiger partial charge in [0.2, 0.25) is 5.78 Å². The summed E-state index contributed by atoms with van der Waals surface area (Å²) in [6.07, 6.45) is 5.82. The molecule has 0 aliphatic carbocycles. The molecule has 0 bridgehead atoms. The van der Waals surface area contributed by atoms with E-state index in [1.54, 1.807) is 24.5 Å². The molecule has 0 N–H and O–H groups in total. The van der Waals surface area contributed by atoms with Crippen molar-refractivity contribution < 1.29 is 9.53 Å². The Morgan fingerprint density at radius 1 is 1.54 bits per heavy atom. The Hall–Kier alpha value is -1.64. The van der Waals surface area contributed by atoms with Crippen LogP contribution in [0.3, 0.4) is 0 Å². The largest absolute Gasteiger partial charge is 0.489 e. The number of carbonyl (C=O) groups is 1. The smallest absolute Gasteiger partial charge is 0.228 e. The lowest BCUT2D eigenvalue weighted by atomic mass is 10.1. The minimum absolute atomic E-state index is 0.0781. The Morgan fingerprint density at radius 2 is 2.46 bits per heavy atom. The summed E-state index contributed by atoms with van der Waals surface area (Å²) < 4.78 is 5.15. The zero-order valence-corrected chi connectivity index (χ0v) is 7.06. The van der Waals surface area contributed by atoms with E-state index in [1.165, 1.54) is 0 Å². The zero-order chi connectivity index (χ0) is 9.10. The van der Waals surface area contributed by atoms with Gasteiger partial charge in [-0.3, -0.25) is 9.78 Å². The first-order valence-electron chi connectivity index (χ1n) is 4.15. The van der Waals surface area contributed by atoms with Crippen molar-refractivity contribution in [1.29, 1.82) is 0 Å². The second kappa shape index (κ2) is 3.39. The first-order chi connectivity index (χ1) is 6.38. The highest BCUT2D eigenvalue weighted by atomic mass is 16.5. The van der Waals surface area contributed by atoms with E-state index in [9.17, 15) is 4.79 Å². The number of nitrogens with zero attached hydrogens (tertiary/aromatic N) is 1. The molecule has 1 aliphatic heterocycles. The molecule has 3 heteroatoms. The number of aromatic nitrogens is 1. The van der Waals surface area contributed by atoms with E-state index in [0.717, 1.165) is 6.42 Å². The van der Waals surface area contributed by atoms with Gasteiger partial charge in [0.05, 0.1) is 6.61 Å². The van der Waals surface area contributed by atoms with Crippen LogP contribution in [-0.2, 0) is 4.74 Å². The maximum atomic E-state index is 11.6. The lowest BCUT2D eigenvalue weighted by molar-refractivity contribution is 0.0942. The van der Waals surface area contributed by atoms with Crippen molar-refractivity contribution in [3.05, 3.63) is 41.9 Å².